The number of rotatable bonds is 3. The molecule has 0 radical (unpaired) electrons. The summed E-state index contributed by atoms with van der Waals surface area (Å²) < 4.78 is 0. The first kappa shape index (κ1) is 14.3. The Morgan fingerprint density at radius 1 is 1.05 bits per heavy atom. The number of nitrogens with zero attached hydrogens (tertiary/aromatic N) is 2. The van der Waals surface area contributed by atoms with Crippen molar-refractivity contribution < 1.29 is 0 Å². The van der Waals surface area contributed by atoms with Crippen LogP contribution in [0.2, 0.25) is 10.0 Å². The van der Waals surface area contributed by atoms with Crippen molar-refractivity contribution in [1.29, 1.82) is 0 Å². The summed E-state index contributed by atoms with van der Waals surface area (Å²) in [5, 5.41) is 1.03. The van der Waals surface area contributed by atoms with Crippen molar-refractivity contribution in [2.75, 3.05) is 6.54 Å². The second-order valence-electron chi connectivity index (χ2n) is 4.36. The summed E-state index contributed by atoms with van der Waals surface area (Å²) in [6.45, 7) is 4.54. The van der Waals surface area contributed by atoms with Gasteiger partial charge in [0.1, 0.15) is 0 Å². The summed E-state index contributed by atoms with van der Waals surface area (Å²) in [6.07, 6.45) is 0.791. The SMILES string of the molecule is Cc1nc(-c2ccc(Cl)c(Cl)c2)nc(C)c1CCN. The molecule has 5 heteroatoms. The Hall–Kier alpha value is -1.16. The summed E-state index contributed by atoms with van der Waals surface area (Å²) in [6, 6.07) is 5.40. The summed E-state index contributed by atoms with van der Waals surface area (Å²) in [4.78, 5) is 9.05. The molecular weight excluding hydrogens is 281 g/mol. The lowest BCUT2D eigenvalue weighted by atomic mass is 10.1. The molecule has 0 aliphatic carbocycles. The first-order valence-electron chi connectivity index (χ1n) is 6.02. The van der Waals surface area contributed by atoms with Crippen LogP contribution in [0.25, 0.3) is 11.4 Å². The molecule has 2 rings (SSSR count). The summed E-state index contributed by atoms with van der Waals surface area (Å²) in [5.41, 5.74) is 9.49. The minimum absolute atomic E-state index is 0.504. The van der Waals surface area contributed by atoms with Crippen molar-refractivity contribution in [3.8, 4) is 11.4 Å². The third-order valence-electron chi connectivity index (χ3n) is 2.99. The number of halogens is 2. The fraction of sp³-hybridized carbons (Fsp3) is 0.286. The summed E-state index contributed by atoms with van der Waals surface area (Å²) >= 11 is 11.9. The first-order valence-corrected chi connectivity index (χ1v) is 6.78. The second-order valence-corrected chi connectivity index (χ2v) is 5.18. The van der Waals surface area contributed by atoms with Gasteiger partial charge < -0.3 is 5.73 Å². The van der Waals surface area contributed by atoms with Crippen molar-refractivity contribution in [2.45, 2.75) is 20.3 Å². The van der Waals surface area contributed by atoms with Gasteiger partial charge in [-0.25, -0.2) is 9.97 Å². The minimum atomic E-state index is 0.504. The maximum Gasteiger partial charge on any atom is 0.159 e. The monoisotopic (exact) mass is 295 g/mol. The number of hydrogen-bond donors (Lipinski definition) is 1. The average Bonchev–Trinajstić information content (AvgIpc) is 2.37. The van der Waals surface area contributed by atoms with E-state index in [1.54, 1.807) is 12.1 Å². The van der Waals surface area contributed by atoms with Crippen LogP contribution >= 0.6 is 23.2 Å². The first-order chi connectivity index (χ1) is 9.02. The molecule has 0 amide bonds. The van der Waals surface area contributed by atoms with Crippen LogP contribution in [-0.4, -0.2) is 16.5 Å². The van der Waals surface area contributed by atoms with Gasteiger partial charge in [0.2, 0.25) is 0 Å². The van der Waals surface area contributed by atoms with Crippen LogP contribution in [0, 0.1) is 13.8 Å². The van der Waals surface area contributed by atoms with E-state index in [-0.39, 0.29) is 0 Å². The van der Waals surface area contributed by atoms with Crippen LogP contribution in [0.4, 0.5) is 0 Å². The molecule has 1 aromatic carbocycles. The molecule has 2 aromatic rings. The topological polar surface area (TPSA) is 51.8 Å². The molecule has 0 atom stereocenters. The van der Waals surface area contributed by atoms with E-state index in [1.807, 2.05) is 19.9 Å². The molecule has 0 fully saturated rings. The van der Waals surface area contributed by atoms with Crippen LogP contribution in [0.1, 0.15) is 17.0 Å². The van der Waals surface area contributed by atoms with Crippen molar-refractivity contribution in [2.24, 2.45) is 5.73 Å². The summed E-state index contributed by atoms with van der Waals surface area (Å²) in [7, 11) is 0. The molecule has 1 heterocycles. The minimum Gasteiger partial charge on any atom is -0.330 e. The Bertz CT molecular complexity index is 589. The lowest BCUT2D eigenvalue weighted by Gasteiger charge is -2.10. The highest BCUT2D eigenvalue weighted by molar-refractivity contribution is 6.42. The van der Waals surface area contributed by atoms with Gasteiger partial charge in [-0.2, -0.15) is 0 Å². The number of aryl methyl sites for hydroxylation is 2. The number of nitrogens with two attached hydrogens (primary N) is 1. The highest BCUT2D eigenvalue weighted by Crippen LogP contribution is 2.27. The summed E-state index contributed by atoms with van der Waals surface area (Å²) in [5.74, 6) is 0.661. The van der Waals surface area contributed by atoms with Gasteiger partial charge in [-0.3, -0.25) is 0 Å². The number of aromatic nitrogens is 2. The van der Waals surface area contributed by atoms with E-state index in [1.165, 1.54) is 0 Å². The normalized spacial score (nSPS) is 10.8. The molecule has 0 spiro atoms. The van der Waals surface area contributed by atoms with Crippen LogP contribution in [0.15, 0.2) is 18.2 Å². The largest absolute Gasteiger partial charge is 0.330 e. The van der Waals surface area contributed by atoms with Gasteiger partial charge in [0, 0.05) is 17.0 Å². The van der Waals surface area contributed by atoms with E-state index in [2.05, 4.69) is 9.97 Å². The van der Waals surface area contributed by atoms with E-state index in [0.717, 1.165) is 28.9 Å². The smallest absolute Gasteiger partial charge is 0.159 e. The van der Waals surface area contributed by atoms with Crippen LogP contribution in [0.3, 0.4) is 0 Å². The van der Waals surface area contributed by atoms with Gasteiger partial charge in [0.25, 0.3) is 0 Å². The van der Waals surface area contributed by atoms with Gasteiger partial charge in [-0.15, -0.1) is 0 Å². The van der Waals surface area contributed by atoms with E-state index < -0.39 is 0 Å². The highest BCUT2D eigenvalue weighted by Gasteiger charge is 2.10. The molecule has 0 aliphatic rings. The van der Waals surface area contributed by atoms with Crippen LogP contribution in [0.5, 0.6) is 0 Å². The quantitative estimate of drug-likeness (QED) is 0.942. The third kappa shape index (κ3) is 3.06. The van der Waals surface area contributed by atoms with E-state index in [4.69, 9.17) is 28.9 Å². The molecule has 3 nitrogen and oxygen atoms in total. The maximum atomic E-state index is 6.02. The van der Waals surface area contributed by atoms with Gasteiger partial charge in [-0.05, 0) is 50.6 Å². The fourth-order valence-electron chi connectivity index (χ4n) is 2.01. The Kier molecular flexibility index (Phi) is 4.40. The third-order valence-corrected chi connectivity index (χ3v) is 3.73. The van der Waals surface area contributed by atoms with Gasteiger partial charge >= 0.3 is 0 Å². The van der Waals surface area contributed by atoms with Crippen molar-refractivity contribution in [1.82, 2.24) is 9.97 Å². The average molecular weight is 296 g/mol. The molecule has 100 valence electrons. The van der Waals surface area contributed by atoms with E-state index in [0.29, 0.717) is 22.4 Å². The maximum absolute atomic E-state index is 6.02. The lowest BCUT2D eigenvalue weighted by molar-refractivity contribution is 0.899. The Morgan fingerprint density at radius 2 is 1.68 bits per heavy atom. The zero-order valence-electron chi connectivity index (χ0n) is 10.9. The predicted molar refractivity (Wildman–Crippen MR) is 79.7 cm³/mol. The fourth-order valence-corrected chi connectivity index (χ4v) is 2.31. The van der Waals surface area contributed by atoms with Gasteiger partial charge in [0.05, 0.1) is 10.0 Å². The lowest BCUT2D eigenvalue weighted by Crippen LogP contribution is -2.09. The molecular formula is C14H15Cl2N3. The molecule has 0 saturated carbocycles. The number of benzene rings is 1. The molecule has 0 unspecified atom stereocenters. The van der Waals surface area contributed by atoms with Crippen LogP contribution in [-0.2, 0) is 6.42 Å². The Morgan fingerprint density at radius 3 is 2.21 bits per heavy atom. The molecule has 0 saturated heterocycles. The zero-order chi connectivity index (χ0) is 14.0. The van der Waals surface area contributed by atoms with Gasteiger partial charge in [-0.1, -0.05) is 23.2 Å². The molecule has 2 N–H and O–H groups in total. The number of hydrogen-bond acceptors (Lipinski definition) is 3. The van der Waals surface area contributed by atoms with Gasteiger partial charge in [0.15, 0.2) is 5.82 Å². The van der Waals surface area contributed by atoms with E-state index in [9.17, 15) is 0 Å². The second kappa shape index (κ2) is 5.87. The van der Waals surface area contributed by atoms with Crippen molar-refractivity contribution in [3.63, 3.8) is 0 Å². The Balaban J connectivity index is 2.48. The Labute approximate surface area is 122 Å². The van der Waals surface area contributed by atoms with Crippen molar-refractivity contribution in [3.05, 3.63) is 45.2 Å². The zero-order valence-corrected chi connectivity index (χ0v) is 12.4. The van der Waals surface area contributed by atoms with E-state index >= 15 is 0 Å². The standard InChI is InChI=1S/C14H15Cl2N3/c1-8-11(5-6-17)9(2)19-14(18-8)10-3-4-12(15)13(16)7-10/h3-4,7H,5-6,17H2,1-2H3. The van der Waals surface area contributed by atoms with Crippen molar-refractivity contribution >= 4 is 23.2 Å². The molecule has 1 aromatic heterocycles. The molecule has 0 aliphatic heterocycles. The molecule has 19 heavy (non-hydrogen) atoms. The predicted octanol–water partition coefficient (Wildman–Crippen LogP) is 3.57. The highest BCUT2D eigenvalue weighted by atomic mass is 35.5. The molecule has 0 bridgehead atoms. The van der Waals surface area contributed by atoms with Crippen LogP contribution < -0.4 is 5.73 Å².